The molecule has 0 aliphatic heterocycles. The van der Waals surface area contributed by atoms with E-state index in [1.165, 1.54) is 26.2 Å². The Kier molecular flexibility index (Phi) is 6.68. The maximum Gasteiger partial charge on any atom is 0.242 e. The van der Waals surface area contributed by atoms with Crippen molar-refractivity contribution in [2.75, 3.05) is 37.8 Å². The van der Waals surface area contributed by atoms with Crippen LogP contribution in [0, 0.1) is 11.3 Å². The Balaban J connectivity index is 2.16. The van der Waals surface area contributed by atoms with E-state index in [2.05, 4.69) is 22.0 Å². The Bertz CT molecular complexity index is 824. The normalized spacial score (nSPS) is 16.0. The molecule has 1 saturated carbocycles. The number of hydrogen-bond donors (Lipinski definition) is 3. The number of sulfonamides is 1. The number of hydrogen-bond acceptors (Lipinski definition) is 6. The maximum absolute atomic E-state index is 12.4. The maximum atomic E-state index is 12.4. The number of rotatable bonds is 8. The molecule has 0 radical (unpaired) electrons. The molecule has 1 aromatic carbocycles. The zero-order valence-electron chi connectivity index (χ0n) is 16.0. The van der Waals surface area contributed by atoms with E-state index in [0.717, 1.165) is 17.1 Å². The van der Waals surface area contributed by atoms with E-state index in [9.17, 15) is 18.5 Å². The number of nitrogens with one attached hydrogen (secondary N) is 3. The van der Waals surface area contributed by atoms with Gasteiger partial charge in [-0.15, -0.1) is 0 Å². The average Bonchev–Trinajstić information content (AvgIpc) is 3.09. The highest BCUT2D eigenvalue weighted by Crippen LogP contribution is 2.29. The number of amides is 1. The third-order valence-corrected chi connectivity index (χ3v) is 6.44. The van der Waals surface area contributed by atoms with Crippen LogP contribution in [-0.4, -0.2) is 51.4 Å². The highest BCUT2D eigenvalue weighted by atomic mass is 32.2. The quantitative estimate of drug-likeness (QED) is 0.620. The Morgan fingerprint density at radius 3 is 2.44 bits per heavy atom. The van der Waals surface area contributed by atoms with Crippen LogP contribution in [0.4, 0.5) is 11.4 Å². The number of benzene rings is 1. The lowest BCUT2D eigenvalue weighted by Crippen LogP contribution is -2.47. The lowest BCUT2D eigenvalue weighted by molar-refractivity contribution is -0.120. The van der Waals surface area contributed by atoms with Crippen LogP contribution in [-0.2, 0) is 14.8 Å². The summed E-state index contributed by atoms with van der Waals surface area (Å²) in [6, 6.07) is 6.94. The number of carbonyl (C=O) groups is 1. The highest BCUT2D eigenvalue weighted by Gasteiger charge is 2.35. The van der Waals surface area contributed by atoms with E-state index >= 15 is 0 Å². The largest absolute Gasteiger partial charge is 0.384 e. The molecule has 1 aliphatic carbocycles. The van der Waals surface area contributed by atoms with Gasteiger partial charge in [-0.2, -0.15) is 5.26 Å². The second kappa shape index (κ2) is 8.59. The predicted molar refractivity (Wildman–Crippen MR) is 105 cm³/mol. The molecule has 0 spiro atoms. The van der Waals surface area contributed by atoms with Gasteiger partial charge in [-0.25, -0.2) is 12.7 Å². The van der Waals surface area contributed by atoms with Gasteiger partial charge >= 0.3 is 0 Å². The highest BCUT2D eigenvalue weighted by molar-refractivity contribution is 7.89. The second-order valence-electron chi connectivity index (χ2n) is 6.83. The van der Waals surface area contributed by atoms with Gasteiger partial charge in [0.25, 0.3) is 0 Å². The van der Waals surface area contributed by atoms with Gasteiger partial charge in [0.2, 0.25) is 15.9 Å². The molecule has 1 fully saturated rings. The first-order chi connectivity index (χ1) is 12.7. The zero-order chi connectivity index (χ0) is 20.1. The molecule has 27 heavy (non-hydrogen) atoms. The van der Waals surface area contributed by atoms with Crippen molar-refractivity contribution in [1.82, 2.24) is 9.62 Å². The fraction of sp³-hybridized carbons (Fsp3) is 0.556. The lowest BCUT2D eigenvalue weighted by atomic mass is 10.00. The summed E-state index contributed by atoms with van der Waals surface area (Å²) in [6.45, 7) is 2.53. The van der Waals surface area contributed by atoms with Crippen molar-refractivity contribution < 1.29 is 13.2 Å². The van der Waals surface area contributed by atoms with Crippen LogP contribution in [0.25, 0.3) is 0 Å². The standard InChI is InChI=1S/C18H27N5O3S/c1-4-20-15-8-7-14(27(25,26)23(2)3)11-16(15)21-12-17(24)22-18(13-19)9-5-6-10-18/h7-8,11,20-21H,4-6,9-10,12H2,1-3H3,(H,22,24). The SMILES string of the molecule is CCNc1ccc(S(=O)(=O)N(C)C)cc1NCC(=O)NC1(C#N)CCCC1. The van der Waals surface area contributed by atoms with E-state index in [4.69, 9.17) is 0 Å². The average molecular weight is 394 g/mol. The van der Waals surface area contributed by atoms with Crippen molar-refractivity contribution in [2.45, 2.75) is 43.0 Å². The van der Waals surface area contributed by atoms with Crippen LogP contribution < -0.4 is 16.0 Å². The fourth-order valence-corrected chi connectivity index (χ4v) is 4.04. The van der Waals surface area contributed by atoms with E-state index in [-0.39, 0.29) is 17.3 Å². The molecule has 148 valence electrons. The first-order valence-electron chi connectivity index (χ1n) is 9.01. The number of nitrogens with zero attached hydrogens (tertiary/aromatic N) is 2. The molecule has 0 bridgehead atoms. The molecule has 0 saturated heterocycles. The third kappa shape index (κ3) is 4.90. The first-order valence-corrected chi connectivity index (χ1v) is 10.4. The molecule has 8 nitrogen and oxygen atoms in total. The smallest absolute Gasteiger partial charge is 0.242 e. The minimum Gasteiger partial charge on any atom is -0.384 e. The van der Waals surface area contributed by atoms with Gasteiger partial charge in [-0.3, -0.25) is 4.79 Å². The lowest BCUT2D eigenvalue weighted by Gasteiger charge is -2.22. The van der Waals surface area contributed by atoms with Gasteiger partial charge in [-0.05, 0) is 50.8 Å². The Morgan fingerprint density at radius 2 is 1.89 bits per heavy atom. The van der Waals surface area contributed by atoms with Crippen molar-refractivity contribution in [3.05, 3.63) is 18.2 Å². The van der Waals surface area contributed by atoms with Gasteiger partial charge in [0.1, 0.15) is 5.54 Å². The summed E-state index contributed by atoms with van der Waals surface area (Å²) in [7, 11) is -0.642. The van der Waals surface area contributed by atoms with E-state index in [1.807, 2.05) is 6.92 Å². The van der Waals surface area contributed by atoms with Gasteiger partial charge in [-0.1, -0.05) is 0 Å². The third-order valence-electron chi connectivity index (χ3n) is 4.63. The fourth-order valence-electron chi connectivity index (χ4n) is 3.12. The van der Waals surface area contributed by atoms with Crippen LogP contribution in [0.3, 0.4) is 0 Å². The molecule has 0 heterocycles. The molecule has 0 unspecified atom stereocenters. The summed E-state index contributed by atoms with van der Waals surface area (Å²) >= 11 is 0. The Hall–Kier alpha value is -2.31. The van der Waals surface area contributed by atoms with Crippen LogP contribution in [0.5, 0.6) is 0 Å². The molecule has 9 heteroatoms. The topological polar surface area (TPSA) is 114 Å². The summed E-state index contributed by atoms with van der Waals surface area (Å²) in [5, 5.41) is 18.3. The van der Waals surface area contributed by atoms with Crippen molar-refractivity contribution in [3.8, 4) is 6.07 Å². The molecular weight excluding hydrogens is 366 g/mol. The Labute approximate surface area is 161 Å². The molecule has 3 N–H and O–H groups in total. The molecule has 1 aromatic rings. The van der Waals surface area contributed by atoms with Crippen LogP contribution in [0.2, 0.25) is 0 Å². The van der Waals surface area contributed by atoms with Crippen molar-refractivity contribution in [2.24, 2.45) is 0 Å². The summed E-state index contributed by atoms with van der Waals surface area (Å²) in [5.74, 6) is -0.290. The summed E-state index contributed by atoms with van der Waals surface area (Å²) in [5.41, 5.74) is 0.450. The van der Waals surface area contributed by atoms with Gasteiger partial charge in [0, 0.05) is 20.6 Å². The minimum absolute atomic E-state index is 0.0483. The second-order valence-corrected chi connectivity index (χ2v) is 8.98. The molecule has 1 amide bonds. The number of nitriles is 1. The number of carbonyl (C=O) groups excluding carboxylic acids is 1. The molecule has 0 aromatic heterocycles. The zero-order valence-corrected chi connectivity index (χ0v) is 16.8. The van der Waals surface area contributed by atoms with Crippen LogP contribution in [0.15, 0.2) is 23.1 Å². The molecule has 1 aliphatic rings. The van der Waals surface area contributed by atoms with Crippen LogP contribution >= 0.6 is 0 Å². The summed E-state index contributed by atoms with van der Waals surface area (Å²) < 4.78 is 25.9. The summed E-state index contributed by atoms with van der Waals surface area (Å²) in [4.78, 5) is 12.5. The first kappa shape index (κ1) is 21.0. The van der Waals surface area contributed by atoms with Crippen LogP contribution in [0.1, 0.15) is 32.6 Å². The number of anilines is 2. The minimum atomic E-state index is -3.58. The van der Waals surface area contributed by atoms with Crippen molar-refractivity contribution in [1.29, 1.82) is 5.26 Å². The van der Waals surface area contributed by atoms with E-state index < -0.39 is 15.6 Å². The molecule has 2 rings (SSSR count). The van der Waals surface area contributed by atoms with Gasteiger partial charge in [0.05, 0.1) is 28.9 Å². The van der Waals surface area contributed by atoms with E-state index in [1.54, 1.807) is 6.07 Å². The molecule has 0 atom stereocenters. The van der Waals surface area contributed by atoms with Gasteiger partial charge in [0.15, 0.2) is 0 Å². The van der Waals surface area contributed by atoms with Crippen molar-refractivity contribution >= 4 is 27.3 Å². The van der Waals surface area contributed by atoms with Gasteiger partial charge < -0.3 is 16.0 Å². The summed E-state index contributed by atoms with van der Waals surface area (Å²) in [6.07, 6.45) is 3.18. The van der Waals surface area contributed by atoms with E-state index in [0.29, 0.717) is 30.8 Å². The predicted octanol–water partition coefficient (Wildman–Crippen LogP) is 1.73. The Morgan fingerprint density at radius 1 is 1.22 bits per heavy atom. The van der Waals surface area contributed by atoms with Crippen molar-refractivity contribution in [3.63, 3.8) is 0 Å². The molecular formula is C18H27N5O3S. The monoisotopic (exact) mass is 393 g/mol.